The Kier molecular flexibility index (Phi) is 6.97. The van der Waals surface area contributed by atoms with Gasteiger partial charge in [0, 0.05) is 46.8 Å². The van der Waals surface area contributed by atoms with E-state index >= 15 is 0 Å². The van der Waals surface area contributed by atoms with E-state index in [9.17, 15) is 4.79 Å². The first-order chi connectivity index (χ1) is 17.4. The van der Waals surface area contributed by atoms with Gasteiger partial charge in [-0.05, 0) is 87.0 Å². The molecule has 5 rings (SSSR count). The zero-order chi connectivity index (χ0) is 25.2. The summed E-state index contributed by atoms with van der Waals surface area (Å²) in [6.45, 7) is 9.04. The number of aryl methyl sites for hydroxylation is 1. The van der Waals surface area contributed by atoms with Gasteiger partial charge in [0.25, 0.3) is 5.91 Å². The summed E-state index contributed by atoms with van der Waals surface area (Å²) < 4.78 is 6.52. The predicted molar refractivity (Wildman–Crippen MR) is 150 cm³/mol. The zero-order valence-corrected chi connectivity index (χ0v) is 22.5. The first-order valence-corrected chi connectivity index (χ1v) is 13.2. The average molecular weight is 544 g/mol. The molecular weight excluding hydrogens is 514 g/mol. The van der Waals surface area contributed by atoms with Crippen molar-refractivity contribution < 1.29 is 9.53 Å². The Labute approximate surface area is 220 Å². The molecule has 0 radical (unpaired) electrons. The van der Waals surface area contributed by atoms with E-state index in [0.717, 1.165) is 38.9 Å². The summed E-state index contributed by atoms with van der Waals surface area (Å²) in [5.74, 6) is 0.867. The van der Waals surface area contributed by atoms with Crippen LogP contribution in [-0.4, -0.2) is 48.1 Å². The van der Waals surface area contributed by atoms with Gasteiger partial charge < -0.3 is 14.5 Å². The number of benzene rings is 3. The monoisotopic (exact) mass is 543 g/mol. The van der Waals surface area contributed by atoms with Crippen LogP contribution >= 0.6 is 15.9 Å². The van der Waals surface area contributed by atoms with Gasteiger partial charge in [0.05, 0.1) is 23.4 Å². The molecule has 1 saturated heterocycles. The molecule has 0 spiro atoms. The van der Waals surface area contributed by atoms with Gasteiger partial charge in [0.2, 0.25) is 0 Å². The molecule has 36 heavy (non-hydrogen) atoms. The molecule has 3 aromatic carbocycles. The molecule has 2 heterocycles. The zero-order valence-electron chi connectivity index (χ0n) is 20.9. The topological polar surface area (TPSA) is 45.7 Å². The van der Waals surface area contributed by atoms with Gasteiger partial charge in [-0.2, -0.15) is 0 Å². The lowest BCUT2D eigenvalue weighted by atomic mass is 10.0. The Bertz CT molecular complexity index is 1400. The largest absolute Gasteiger partial charge is 0.494 e. The lowest BCUT2D eigenvalue weighted by Crippen LogP contribution is -2.53. The number of nitrogens with zero attached hydrogens (tertiary/aromatic N) is 3. The van der Waals surface area contributed by atoms with Gasteiger partial charge in [0.1, 0.15) is 5.75 Å². The molecule has 1 aliphatic heterocycles. The highest BCUT2D eigenvalue weighted by molar-refractivity contribution is 9.10. The molecule has 0 unspecified atom stereocenters. The highest BCUT2D eigenvalue weighted by atomic mass is 79.9. The lowest BCUT2D eigenvalue weighted by molar-refractivity contribution is 0.0728. The molecule has 4 aromatic rings. The molecule has 1 fully saturated rings. The second kappa shape index (κ2) is 10.3. The van der Waals surface area contributed by atoms with E-state index in [4.69, 9.17) is 9.72 Å². The summed E-state index contributed by atoms with van der Waals surface area (Å²) in [7, 11) is 0. The number of hydrogen-bond acceptors (Lipinski definition) is 4. The molecule has 6 heteroatoms. The van der Waals surface area contributed by atoms with Crippen molar-refractivity contribution in [2.24, 2.45) is 0 Å². The SMILES string of the molecule is CCOc1ccc(-c2cc(C(=O)N3CCN(c4cccc(C)c4)[C@@H](C)C3)c3cc(Br)ccc3n2)cc1. The molecule has 0 N–H and O–H groups in total. The van der Waals surface area contributed by atoms with Crippen molar-refractivity contribution in [1.29, 1.82) is 0 Å². The first-order valence-electron chi connectivity index (χ1n) is 12.4. The van der Waals surface area contributed by atoms with E-state index in [0.29, 0.717) is 25.3 Å². The normalized spacial score (nSPS) is 15.8. The van der Waals surface area contributed by atoms with Crippen LogP contribution in [-0.2, 0) is 0 Å². The van der Waals surface area contributed by atoms with E-state index in [2.05, 4.69) is 58.9 Å². The Morgan fingerprint density at radius 3 is 2.58 bits per heavy atom. The van der Waals surface area contributed by atoms with Gasteiger partial charge in [-0.15, -0.1) is 0 Å². The average Bonchev–Trinajstić information content (AvgIpc) is 2.88. The van der Waals surface area contributed by atoms with E-state index in [1.165, 1.54) is 11.3 Å². The van der Waals surface area contributed by atoms with Gasteiger partial charge >= 0.3 is 0 Å². The molecule has 0 aliphatic carbocycles. The fraction of sp³-hybridized carbons (Fsp3) is 0.267. The second-order valence-electron chi connectivity index (χ2n) is 9.31. The molecule has 1 aromatic heterocycles. The van der Waals surface area contributed by atoms with Crippen LogP contribution in [0.3, 0.4) is 0 Å². The maximum absolute atomic E-state index is 13.9. The molecule has 5 nitrogen and oxygen atoms in total. The third kappa shape index (κ3) is 4.96. The molecule has 0 bridgehead atoms. The molecule has 1 aliphatic rings. The van der Waals surface area contributed by atoms with Gasteiger partial charge in [-0.3, -0.25) is 4.79 Å². The van der Waals surface area contributed by atoms with Crippen LogP contribution in [0.2, 0.25) is 0 Å². The Hall–Kier alpha value is -3.38. The van der Waals surface area contributed by atoms with Crippen molar-refractivity contribution in [3.63, 3.8) is 0 Å². The van der Waals surface area contributed by atoms with Gasteiger partial charge in [0.15, 0.2) is 0 Å². The van der Waals surface area contributed by atoms with E-state index < -0.39 is 0 Å². The standard InChI is InChI=1S/C30H30BrN3O2/c1-4-36-25-11-8-22(9-12-25)29-18-27(26-17-23(31)10-13-28(26)32-29)30(35)33-14-15-34(21(3)19-33)24-7-5-6-20(2)16-24/h5-13,16-18,21H,4,14-15,19H2,1-3H3/t21-/m0/s1. The number of carbonyl (C=O) groups is 1. The number of anilines is 1. The van der Waals surface area contributed by atoms with Gasteiger partial charge in [-0.1, -0.05) is 28.1 Å². The smallest absolute Gasteiger partial charge is 0.254 e. The summed E-state index contributed by atoms with van der Waals surface area (Å²) in [6, 6.07) is 24.5. The summed E-state index contributed by atoms with van der Waals surface area (Å²) in [5.41, 5.74) is 5.68. The predicted octanol–water partition coefficient (Wildman–Crippen LogP) is 6.72. The summed E-state index contributed by atoms with van der Waals surface area (Å²) in [4.78, 5) is 23.2. The fourth-order valence-corrected chi connectivity index (χ4v) is 5.28. The highest BCUT2D eigenvalue weighted by Crippen LogP contribution is 2.30. The third-order valence-corrected chi connectivity index (χ3v) is 7.20. The highest BCUT2D eigenvalue weighted by Gasteiger charge is 2.29. The molecule has 1 amide bonds. The van der Waals surface area contributed by atoms with Crippen molar-refractivity contribution >= 4 is 38.4 Å². The lowest BCUT2D eigenvalue weighted by Gasteiger charge is -2.41. The van der Waals surface area contributed by atoms with Crippen LogP contribution in [0.1, 0.15) is 29.8 Å². The summed E-state index contributed by atoms with van der Waals surface area (Å²) in [5, 5.41) is 0.859. The summed E-state index contributed by atoms with van der Waals surface area (Å²) in [6.07, 6.45) is 0. The van der Waals surface area contributed by atoms with Crippen molar-refractivity contribution in [3.8, 4) is 17.0 Å². The van der Waals surface area contributed by atoms with Crippen molar-refractivity contribution in [2.45, 2.75) is 26.8 Å². The number of pyridine rings is 1. The van der Waals surface area contributed by atoms with Crippen LogP contribution < -0.4 is 9.64 Å². The number of halogens is 1. The van der Waals surface area contributed by atoms with E-state index in [1.54, 1.807) is 0 Å². The number of carbonyl (C=O) groups excluding carboxylic acids is 1. The Morgan fingerprint density at radius 1 is 1.06 bits per heavy atom. The Balaban J connectivity index is 1.47. The number of rotatable bonds is 5. The van der Waals surface area contributed by atoms with Crippen LogP contribution in [0, 0.1) is 6.92 Å². The molecular formula is C30H30BrN3O2. The van der Waals surface area contributed by atoms with E-state index in [-0.39, 0.29) is 11.9 Å². The molecule has 184 valence electrons. The summed E-state index contributed by atoms with van der Waals surface area (Å²) >= 11 is 3.57. The van der Waals surface area contributed by atoms with Crippen LogP contribution in [0.4, 0.5) is 5.69 Å². The van der Waals surface area contributed by atoms with Gasteiger partial charge in [-0.25, -0.2) is 4.98 Å². The van der Waals surface area contributed by atoms with Crippen LogP contribution in [0.25, 0.3) is 22.2 Å². The quantitative estimate of drug-likeness (QED) is 0.280. The van der Waals surface area contributed by atoms with E-state index in [1.807, 2.05) is 60.4 Å². The fourth-order valence-electron chi connectivity index (χ4n) is 4.91. The second-order valence-corrected chi connectivity index (χ2v) is 10.2. The van der Waals surface area contributed by atoms with Crippen LogP contribution in [0.5, 0.6) is 5.75 Å². The third-order valence-electron chi connectivity index (χ3n) is 6.71. The number of ether oxygens (including phenoxy) is 1. The Morgan fingerprint density at radius 2 is 1.86 bits per heavy atom. The van der Waals surface area contributed by atoms with Crippen LogP contribution in [0.15, 0.2) is 77.3 Å². The minimum atomic E-state index is 0.0448. The first kappa shape index (κ1) is 24.3. The number of aromatic nitrogens is 1. The minimum absolute atomic E-state index is 0.0448. The van der Waals surface area contributed by atoms with Crippen molar-refractivity contribution in [2.75, 3.05) is 31.1 Å². The maximum atomic E-state index is 13.9. The maximum Gasteiger partial charge on any atom is 0.254 e. The number of hydrogen-bond donors (Lipinski definition) is 0. The molecule has 0 saturated carbocycles. The number of piperazine rings is 1. The minimum Gasteiger partial charge on any atom is -0.494 e. The van der Waals surface area contributed by atoms with Crippen molar-refractivity contribution in [3.05, 3.63) is 88.4 Å². The number of fused-ring (bicyclic) bond motifs is 1. The molecule has 1 atom stereocenters. The number of amides is 1. The van der Waals surface area contributed by atoms with Crippen molar-refractivity contribution in [1.82, 2.24) is 9.88 Å².